The first kappa shape index (κ1) is 32.9. The Morgan fingerprint density at radius 2 is 1.23 bits per heavy atom. The Morgan fingerprint density at radius 3 is 1.83 bits per heavy atom. The third-order valence-corrected chi connectivity index (χ3v) is 10.2. The van der Waals surface area contributed by atoms with Crippen molar-refractivity contribution >= 4 is 39.2 Å². The molecular formula is C49H41N3. The maximum absolute atomic E-state index is 6.72. The third-order valence-electron chi connectivity index (χ3n) is 10.2. The molecule has 0 amide bonds. The summed E-state index contributed by atoms with van der Waals surface area (Å²) in [4.78, 5) is 9.68. The summed E-state index contributed by atoms with van der Waals surface area (Å²) in [5.74, 6) is 0.308. The zero-order chi connectivity index (χ0) is 35.3. The van der Waals surface area contributed by atoms with E-state index in [4.69, 9.17) is 10.7 Å². The highest BCUT2D eigenvalue weighted by molar-refractivity contribution is 6.03. The minimum absolute atomic E-state index is 0.0468. The average Bonchev–Trinajstić information content (AvgIpc) is 3.22. The molecule has 2 atom stereocenters. The fourth-order valence-corrected chi connectivity index (χ4v) is 7.24. The maximum atomic E-state index is 6.72. The minimum atomic E-state index is -0.0468. The molecule has 3 nitrogen and oxygen atoms in total. The molecule has 2 N–H and O–H groups in total. The van der Waals surface area contributed by atoms with Gasteiger partial charge in [0.15, 0.2) is 0 Å². The quantitative estimate of drug-likeness (QED) is 0.153. The standard InChI is InChI=1S/C49H41N3/c1-34(35-18-22-39(23-19-35)46-16-6-11-37-9-2-4-14-44(37)46)52-49(31-30-48(50)41-26-20-36(21-27-41)43-13-8-32-51-33-43)42-28-24-40(25-29-42)47-17-7-12-38-10-3-5-15-45(38)47/h2-12,14-30,32-34,43H,13,31,50H2,1H3/b48-30-,52-49?/t34?,43-/m1/s1. The molecule has 0 fully saturated rings. The largest absolute Gasteiger partial charge is 0.398 e. The molecule has 0 bridgehead atoms. The highest BCUT2D eigenvalue weighted by Gasteiger charge is 2.13. The number of benzene rings is 7. The van der Waals surface area contributed by atoms with Gasteiger partial charge in [-0.15, -0.1) is 0 Å². The van der Waals surface area contributed by atoms with Gasteiger partial charge in [0.2, 0.25) is 0 Å². The van der Waals surface area contributed by atoms with E-state index in [-0.39, 0.29) is 6.04 Å². The van der Waals surface area contributed by atoms with Gasteiger partial charge in [0.1, 0.15) is 0 Å². The van der Waals surface area contributed by atoms with Crippen LogP contribution in [0.1, 0.15) is 54.0 Å². The number of fused-ring (bicyclic) bond motifs is 2. The molecule has 7 aromatic rings. The zero-order valence-corrected chi connectivity index (χ0v) is 29.4. The van der Waals surface area contributed by atoms with Crippen LogP contribution in [0.25, 0.3) is 49.5 Å². The van der Waals surface area contributed by atoms with E-state index < -0.39 is 0 Å². The zero-order valence-electron chi connectivity index (χ0n) is 29.4. The molecule has 0 aromatic heterocycles. The molecule has 0 aliphatic carbocycles. The van der Waals surface area contributed by atoms with E-state index in [2.05, 4.69) is 182 Å². The van der Waals surface area contributed by atoms with Gasteiger partial charge in [-0.25, -0.2) is 0 Å². The monoisotopic (exact) mass is 671 g/mol. The van der Waals surface area contributed by atoms with Crippen LogP contribution in [0, 0.1) is 0 Å². The van der Waals surface area contributed by atoms with Crippen molar-refractivity contribution in [2.24, 2.45) is 15.7 Å². The molecule has 7 aromatic carbocycles. The predicted molar refractivity (Wildman–Crippen MR) is 222 cm³/mol. The molecule has 1 unspecified atom stereocenters. The molecule has 0 saturated heterocycles. The van der Waals surface area contributed by atoms with Gasteiger partial charge in [0, 0.05) is 36.2 Å². The van der Waals surface area contributed by atoms with Crippen molar-refractivity contribution in [1.29, 1.82) is 0 Å². The van der Waals surface area contributed by atoms with Crippen LogP contribution in [-0.2, 0) is 0 Å². The van der Waals surface area contributed by atoms with Crippen LogP contribution in [0.15, 0.2) is 186 Å². The predicted octanol–water partition coefficient (Wildman–Crippen LogP) is 12.3. The lowest BCUT2D eigenvalue weighted by Gasteiger charge is -2.14. The smallest absolute Gasteiger partial charge is 0.0724 e. The van der Waals surface area contributed by atoms with Crippen LogP contribution in [0.3, 0.4) is 0 Å². The van der Waals surface area contributed by atoms with Crippen molar-refractivity contribution in [3.63, 3.8) is 0 Å². The number of hydrogen-bond donors (Lipinski definition) is 1. The number of nitrogens with two attached hydrogens (primary N) is 1. The Kier molecular flexibility index (Phi) is 9.41. The van der Waals surface area contributed by atoms with E-state index >= 15 is 0 Å². The van der Waals surface area contributed by atoms with Crippen molar-refractivity contribution in [3.8, 4) is 22.3 Å². The molecule has 0 radical (unpaired) electrons. The molecule has 8 rings (SSSR count). The summed E-state index contributed by atoms with van der Waals surface area (Å²) in [7, 11) is 0. The molecule has 252 valence electrons. The van der Waals surface area contributed by atoms with Gasteiger partial charge < -0.3 is 5.73 Å². The van der Waals surface area contributed by atoms with Gasteiger partial charge in [-0.1, -0.05) is 170 Å². The van der Waals surface area contributed by atoms with Crippen molar-refractivity contribution in [2.75, 3.05) is 0 Å². The van der Waals surface area contributed by atoms with E-state index in [0.29, 0.717) is 12.3 Å². The second kappa shape index (κ2) is 14.9. The van der Waals surface area contributed by atoms with Crippen LogP contribution in [0.5, 0.6) is 0 Å². The number of allylic oxidation sites excluding steroid dienone is 2. The highest BCUT2D eigenvalue weighted by Crippen LogP contribution is 2.32. The molecule has 0 spiro atoms. The van der Waals surface area contributed by atoms with E-state index in [1.807, 2.05) is 12.4 Å². The Hall–Kier alpha value is -6.32. The van der Waals surface area contributed by atoms with Gasteiger partial charge in [-0.3, -0.25) is 9.98 Å². The first-order valence-electron chi connectivity index (χ1n) is 18.1. The van der Waals surface area contributed by atoms with Gasteiger partial charge in [0.05, 0.1) is 6.04 Å². The maximum Gasteiger partial charge on any atom is 0.0724 e. The Balaban J connectivity index is 1.09. The first-order chi connectivity index (χ1) is 25.6. The van der Waals surface area contributed by atoms with E-state index in [1.165, 1.54) is 54.9 Å². The van der Waals surface area contributed by atoms with Crippen LogP contribution in [0.2, 0.25) is 0 Å². The van der Waals surface area contributed by atoms with Crippen molar-refractivity contribution in [2.45, 2.75) is 31.7 Å². The molecule has 1 aliphatic rings. The summed E-state index contributed by atoms with van der Waals surface area (Å²) in [6, 6.07) is 56.3. The molecule has 52 heavy (non-hydrogen) atoms. The summed E-state index contributed by atoms with van der Waals surface area (Å²) >= 11 is 0. The lowest BCUT2D eigenvalue weighted by atomic mass is 9.94. The molecule has 1 heterocycles. The van der Waals surface area contributed by atoms with Crippen LogP contribution in [0.4, 0.5) is 0 Å². The first-order valence-corrected chi connectivity index (χ1v) is 18.1. The molecular weight excluding hydrogens is 631 g/mol. The number of rotatable bonds is 9. The second-order valence-electron chi connectivity index (χ2n) is 13.5. The topological polar surface area (TPSA) is 50.7 Å². The lowest BCUT2D eigenvalue weighted by Crippen LogP contribution is -2.06. The summed E-state index contributed by atoms with van der Waals surface area (Å²) in [5, 5.41) is 5.00. The van der Waals surface area contributed by atoms with E-state index in [9.17, 15) is 0 Å². The van der Waals surface area contributed by atoms with Gasteiger partial charge >= 0.3 is 0 Å². The minimum Gasteiger partial charge on any atom is -0.398 e. The van der Waals surface area contributed by atoms with E-state index in [0.717, 1.165) is 29.0 Å². The van der Waals surface area contributed by atoms with Crippen LogP contribution < -0.4 is 5.73 Å². The summed E-state index contributed by atoms with van der Waals surface area (Å²) < 4.78 is 0. The van der Waals surface area contributed by atoms with Gasteiger partial charge in [-0.2, -0.15) is 0 Å². The molecule has 1 aliphatic heterocycles. The second-order valence-corrected chi connectivity index (χ2v) is 13.5. The number of nitrogens with zero attached hydrogens (tertiary/aromatic N) is 2. The van der Waals surface area contributed by atoms with Gasteiger partial charge in [-0.05, 0) is 79.4 Å². The normalized spacial score (nSPS) is 15.3. The van der Waals surface area contributed by atoms with E-state index in [1.54, 1.807) is 0 Å². The SMILES string of the molecule is CC(N=C(C/C=C(\N)c1ccc([C@H]2C=NC=CC2)cc1)c1ccc(-c2cccc3ccccc23)cc1)c1ccc(-c2cccc3ccccc23)cc1. The summed E-state index contributed by atoms with van der Waals surface area (Å²) in [6.07, 6.45) is 9.68. The number of hydrogen-bond acceptors (Lipinski definition) is 3. The van der Waals surface area contributed by atoms with Crippen LogP contribution in [-0.4, -0.2) is 11.9 Å². The van der Waals surface area contributed by atoms with Gasteiger partial charge in [0.25, 0.3) is 0 Å². The Labute approximate surface area is 306 Å². The third kappa shape index (κ3) is 6.99. The summed E-state index contributed by atoms with van der Waals surface area (Å²) in [5.41, 5.74) is 17.8. The summed E-state index contributed by atoms with van der Waals surface area (Å²) in [6.45, 7) is 2.17. The molecule has 0 saturated carbocycles. The van der Waals surface area contributed by atoms with Crippen LogP contribution >= 0.6 is 0 Å². The fraction of sp³-hybridized carbons (Fsp3) is 0.102. The Bertz CT molecular complexity index is 2460. The fourth-order valence-electron chi connectivity index (χ4n) is 7.24. The molecule has 3 heteroatoms. The Morgan fingerprint density at radius 1 is 0.673 bits per heavy atom. The van der Waals surface area contributed by atoms with Crippen molar-refractivity contribution < 1.29 is 0 Å². The van der Waals surface area contributed by atoms with Crippen molar-refractivity contribution in [1.82, 2.24) is 0 Å². The lowest BCUT2D eigenvalue weighted by molar-refractivity contribution is 0.817. The highest BCUT2D eigenvalue weighted by atomic mass is 14.8. The van der Waals surface area contributed by atoms with Crippen molar-refractivity contribution in [3.05, 3.63) is 198 Å². The average molecular weight is 672 g/mol. The number of aliphatic imine (C=N–C) groups is 2.